The fraction of sp³-hybridized carbons (Fsp3) is 1.00. The molecule has 1 aliphatic rings. The van der Waals surface area contributed by atoms with Crippen LogP contribution in [0, 0.1) is 17.8 Å². The molecule has 4 unspecified atom stereocenters. The third kappa shape index (κ3) is 6.11. The monoisotopic (exact) mass is 314 g/mol. The summed E-state index contributed by atoms with van der Waals surface area (Å²) in [5, 5.41) is 3.76. The second kappa shape index (κ2) is 10.1. The molecule has 3 heteroatoms. The molecular formula is C18H38N2S. The Morgan fingerprint density at radius 2 is 1.95 bits per heavy atom. The number of hydrogen-bond acceptors (Lipinski definition) is 3. The molecule has 4 atom stereocenters. The van der Waals surface area contributed by atoms with E-state index in [1.165, 1.54) is 38.0 Å². The number of thioether (sulfide) groups is 1. The molecule has 0 saturated heterocycles. The number of nitrogens with zero attached hydrogens (tertiary/aromatic N) is 1. The summed E-state index contributed by atoms with van der Waals surface area (Å²) in [4.78, 5) is 2.63. The van der Waals surface area contributed by atoms with Gasteiger partial charge in [-0.1, -0.05) is 27.7 Å². The van der Waals surface area contributed by atoms with E-state index < -0.39 is 0 Å². The maximum Gasteiger partial charge on any atom is 0.0180 e. The SMILES string of the molecule is CCNC1CCC(C(C)C)CC1CN(C)C(CC)CSC. The molecule has 1 rings (SSSR count). The van der Waals surface area contributed by atoms with E-state index in [1.54, 1.807) is 0 Å². The van der Waals surface area contributed by atoms with E-state index >= 15 is 0 Å². The van der Waals surface area contributed by atoms with Crippen LogP contribution in [0.4, 0.5) is 0 Å². The molecule has 0 aromatic heterocycles. The molecule has 1 aliphatic carbocycles. The van der Waals surface area contributed by atoms with Crippen LogP contribution in [-0.2, 0) is 0 Å². The quantitative estimate of drug-likeness (QED) is 0.689. The van der Waals surface area contributed by atoms with Gasteiger partial charge in [0.1, 0.15) is 0 Å². The van der Waals surface area contributed by atoms with Crippen LogP contribution in [0.2, 0.25) is 0 Å². The van der Waals surface area contributed by atoms with Crippen molar-refractivity contribution >= 4 is 11.8 Å². The maximum absolute atomic E-state index is 3.76. The van der Waals surface area contributed by atoms with Crippen molar-refractivity contribution in [2.75, 3.05) is 32.1 Å². The smallest absolute Gasteiger partial charge is 0.0180 e. The van der Waals surface area contributed by atoms with Gasteiger partial charge >= 0.3 is 0 Å². The van der Waals surface area contributed by atoms with Crippen molar-refractivity contribution in [3.63, 3.8) is 0 Å². The lowest BCUT2D eigenvalue weighted by molar-refractivity contribution is 0.118. The zero-order valence-electron chi connectivity index (χ0n) is 15.2. The van der Waals surface area contributed by atoms with Gasteiger partial charge in [-0.15, -0.1) is 0 Å². The third-order valence-corrected chi connectivity index (χ3v) is 6.13. The van der Waals surface area contributed by atoms with Gasteiger partial charge in [-0.2, -0.15) is 11.8 Å². The predicted octanol–water partition coefficient (Wildman–Crippen LogP) is 4.11. The molecule has 0 aromatic carbocycles. The highest BCUT2D eigenvalue weighted by molar-refractivity contribution is 7.98. The average Bonchev–Trinajstić information content (AvgIpc) is 2.46. The van der Waals surface area contributed by atoms with Gasteiger partial charge in [-0.05, 0) is 63.3 Å². The van der Waals surface area contributed by atoms with Crippen LogP contribution in [-0.4, -0.2) is 49.1 Å². The molecule has 0 radical (unpaired) electrons. The average molecular weight is 315 g/mol. The van der Waals surface area contributed by atoms with Gasteiger partial charge in [-0.3, -0.25) is 0 Å². The van der Waals surface area contributed by atoms with Crippen LogP contribution in [0.3, 0.4) is 0 Å². The van der Waals surface area contributed by atoms with Gasteiger partial charge in [0.05, 0.1) is 0 Å². The highest BCUT2D eigenvalue weighted by atomic mass is 32.2. The van der Waals surface area contributed by atoms with Gasteiger partial charge < -0.3 is 10.2 Å². The van der Waals surface area contributed by atoms with E-state index in [9.17, 15) is 0 Å². The molecule has 1 fully saturated rings. The molecule has 0 heterocycles. The topological polar surface area (TPSA) is 15.3 Å². The van der Waals surface area contributed by atoms with Crippen LogP contribution in [0.25, 0.3) is 0 Å². The largest absolute Gasteiger partial charge is 0.314 e. The van der Waals surface area contributed by atoms with Gasteiger partial charge in [-0.25, -0.2) is 0 Å². The molecule has 0 aromatic rings. The predicted molar refractivity (Wildman–Crippen MR) is 98.2 cm³/mol. The fourth-order valence-corrected chi connectivity index (χ4v) is 4.78. The summed E-state index contributed by atoms with van der Waals surface area (Å²) in [6.45, 7) is 11.8. The van der Waals surface area contributed by atoms with Crippen molar-refractivity contribution in [2.24, 2.45) is 17.8 Å². The molecule has 1 saturated carbocycles. The van der Waals surface area contributed by atoms with Crippen molar-refractivity contribution in [1.29, 1.82) is 0 Å². The van der Waals surface area contributed by atoms with E-state index in [4.69, 9.17) is 0 Å². The summed E-state index contributed by atoms with van der Waals surface area (Å²) in [7, 11) is 2.34. The standard InChI is InChI=1S/C18H38N2S/c1-7-17(13-21-6)20(5)12-16-11-15(14(3)4)9-10-18(16)19-8-2/h14-19H,7-13H2,1-6H3. The lowest BCUT2D eigenvalue weighted by Crippen LogP contribution is -2.48. The first kappa shape index (κ1) is 19.3. The molecule has 1 N–H and O–H groups in total. The minimum Gasteiger partial charge on any atom is -0.314 e. The molecule has 2 nitrogen and oxygen atoms in total. The molecule has 126 valence electrons. The molecular weight excluding hydrogens is 276 g/mol. The summed E-state index contributed by atoms with van der Waals surface area (Å²) < 4.78 is 0. The number of hydrogen-bond donors (Lipinski definition) is 1. The summed E-state index contributed by atoms with van der Waals surface area (Å²) in [5.74, 6) is 3.86. The van der Waals surface area contributed by atoms with Crippen molar-refractivity contribution in [3.8, 4) is 0 Å². The van der Waals surface area contributed by atoms with Crippen LogP contribution in [0.5, 0.6) is 0 Å². The lowest BCUT2D eigenvalue weighted by atomic mass is 9.73. The molecule has 0 bridgehead atoms. The van der Waals surface area contributed by atoms with Crippen LogP contribution in [0.15, 0.2) is 0 Å². The van der Waals surface area contributed by atoms with E-state index in [1.807, 2.05) is 11.8 Å². The third-order valence-electron chi connectivity index (χ3n) is 5.41. The Balaban J connectivity index is 2.63. The first-order valence-electron chi connectivity index (χ1n) is 8.95. The molecule has 21 heavy (non-hydrogen) atoms. The normalized spacial score (nSPS) is 28.3. The minimum atomic E-state index is 0.735. The Bertz CT molecular complexity index is 270. The second-order valence-corrected chi connectivity index (χ2v) is 8.11. The Kier molecular flexibility index (Phi) is 9.31. The molecule has 0 aliphatic heterocycles. The van der Waals surface area contributed by atoms with Gasteiger partial charge in [0.15, 0.2) is 0 Å². The van der Waals surface area contributed by atoms with E-state index in [2.05, 4.69) is 51.2 Å². The Morgan fingerprint density at radius 1 is 1.24 bits per heavy atom. The van der Waals surface area contributed by atoms with Crippen molar-refractivity contribution in [2.45, 2.75) is 65.5 Å². The zero-order valence-corrected chi connectivity index (χ0v) is 16.0. The van der Waals surface area contributed by atoms with Gasteiger partial charge in [0, 0.05) is 24.4 Å². The van der Waals surface area contributed by atoms with Crippen LogP contribution < -0.4 is 5.32 Å². The van der Waals surface area contributed by atoms with Gasteiger partial charge in [0.2, 0.25) is 0 Å². The summed E-state index contributed by atoms with van der Waals surface area (Å²) in [6, 6.07) is 1.47. The first-order valence-corrected chi connectivity index (χ1v) is 10.3. The number of rotatable bonds is 9. The Hall–Kier alpha value is 0.270. The number of nitrogens with one attached hydrogen (secondary N) is 1. The van der Waals surface area contributed by atoms with E-state index in [0.29, 0.717) is 0 Å². The van der Waals surface area contributed by atoms with Crippen molar-refractivity contribution in [3.05, 3.63) is 0 Å². The second-order valence-electron chi connectivity index (χ2n) is 7.20. The zero-order chi connectivity index (χ0) is 15.8. The molecule has 0 amide bonds. The van der Waals surface area contributed by atoms with E-state index in [-0.39, 0.29) is 0 Å². The van der Waals surface area contributed by atoms with Crippen LogP contribution in [0.1, 0.15) is 53.4 Å². The Labute approximate surface area is 137 Å². The Morgan fingerprint density at radius 3 is 2.48 bits per heavy atom. The fourth-order valence-electron chi connectivity index (χ4n) is 3.91. The summed E-state index contributed by atoms with van der Waals surface area (Å²) >= 11 is 1.98. The van der Waals surface area contributed by atoms with Gasteiger partial charge in [0.25, 0.3) is 0 Å². The van der Waals surface area contributed by atoms with E-state index in [0.717, 1.165) is 36.4 Å². The lowest BCUT2D eigenvalue weighted by Gasteiger charge is -2.41. The molecule has 0 spiro atoms. The summed E-state index contributed by atoms with van der Waals surface area (Å²) in [5.41, 5.74) is 0. The highest BCUT2D eigenvalue weighted by Gasteiger charge is 2.32. The minimum absolute atomic E-state index is 0.735. The van der Waals surface area contributed by atoms with Crippen molar-refractivity contribution < 1.29 is 0 Å². The maximum atomic E-state index is 3.76. The highest BCUT2D eigenvalue weighted by Crippen LogP contribution is 2.34. The van der Waals surface area contributed by atoms with Crippen molar-refractivity contribution in [1.82, 2.24) is 10.2 Å². The summed E-state index contributed by atoms with van der Waals surface area (Å²) in [6.07, 6.45) is 7.69. The van der Waals surface area contributed by atoms with Crippen LogP contribution >= 0.6 is 11.8 Å². The first-order chi connectivity index (χ1) is 10.0.